The molecule has 0 amide bonds. The monoisotopic (exact) mass is 298 g/mol. The fourth-order valence-electron chi connectivity index (χ4n) is 2.42. The maximum atomic E-state index is 10.3. The van der Waals surface area contributed by atoms with Gasteiger partial charge in [-0.1, -0.05) is 70.4 Å². The number of hydrogen-bond acceptors (Lipinski definition) is 2. The highest BCUT2D eigenvalue weighted by molar-refractivity contribution is 5.66. The van der Waals surface area contributed by atoms with E-state index >= 15 is 0 Å². The molecule has 0 heterocycles. The quantitative estimate of drug-likeness (QED) is 0.327. The van der Waals surface area contributed by atoms with Crippen LogP contribution < -0.4 is 0 Å². The molecule has 0 aromatic carbocycles. The first-order valence-corrected chi connectivity index (χ1v) is 8.73. The Morgan fingerprint density at radius 3 is 2.00 bits per heavy atom. The molecule has 0 rings (SSSR count). The van der Waals surface area contributed by atoms with Crippen molar-refractivity contribution in [3.8, 4) is 0 Å². The summed E-state index contributed by atoms with van der Waals surface area (Å²) in [5, 5.41) is 18.0. The summed E-state index contributed by atoms with van der Waals surface area (Å²) < 4.78 is 0. The molecule has 0 aliphatic carbocycles. The van der Waals surface area contributed by atoms with E-state index in [4.69, 9.17) is 5.11 Å². The van der Waals surface area contributed by atoms with Gasteiger partial charge in [-0.05, 0) is 25.7 Å². The zero-order chi connectivity index (χ0) is 15.8. The number of allylic oxidation sites excluding steroid dienone is 1. The van der Waals surface area contributed by atoms with Gasteiger partial charge in [-0.25, -0.2) is 0 Å². The van der Waals surface area contributed by atoms with Gasteiger partial charge in [0.05, 0.1) is 6.10 Å². The van der Waals surface area contributed by atoms with Gasteiger partial charge in [-0.3, -0.25) is 4.79 Å². The number of hydrogen-bond donors (Lipinski definition) is 2. The van der Waals surface area contributed by atoms with Gasteiger partial charge >= 0.3 is 5.97 Å². The predicted octanol–water partition coefficient (Wildman–Crippen LogP) is 5.08. The number of carboxylic acids is 1. The predicted molar refractivity (Wildman–Crippen MR) is 88.5 cm³/mol. The smallest absolute Gasteiger partial charge is 0.303 e. The van der Waals surface area contributed by atoms with Crippen molar-refractivity contribution in [1.82, 2.24) is 0 Å². The van der Waals surface area contributed by atoms with Crippen molar-refractivity contribution in [2.75, 3.05) is 0 Å². The molecule has 3 nitrogen and oxygen atoms in total. The van der Waals surface area contributed by atoms with E-state index in [0.29, 0.717) is 6.42 Å². The molecule has 0 saturated carbocycles. The highest BCUT2D eigenvalue weighted by atomic mass is 16.4. The van der Waals surface area contributed by atoms with Crippen LogP contribution in [-0.4, -0.2) is 22.3 Å². The van der Waals surface area contributed by atoms with Crippen molar-refractivity contribution in [3.05, 3.63) is 12.2 Å². The average Bonchev–Trinajstić information content (AvgIpc) is 2.44. The maximum Gasteiger partial charge on any atom is 0.303 e. The molecule has 21 heavy (non-hydrogen) atoms. The van der Waals surface area contributed by atoms with E-state index in [-0.39, 0.29) is 6.10 Å². The van der Waals surface area contributed by atoms with E-state index in [1.807, 2.05) is 6.08 Å². The SMILES string of the molecule is CCC[C@H](O)/C=C\CCCCCCCCCCCC(=O)O. The van der Waals surface area contributed by atoms with Gasteiger partial charge < -0.3 is 10.2 Å². The second kappa shape index (κ2) is 15.6. The van der Waals surface area contributed by atoms with E-state index < -0.39 is 5.97 Å². The Kier molecular flexibility index (Phi) is 14.9. The van der Waals surface area contributed by atoms with Gasteiger partial charge in [0.2, 0.25) is 0 Å². The first-order valence-electron chi connectivity index (χ1n) is 8.73. The number of aliphatic carboxylic acids is 1. The van der Waals surface area contributed by atoms with Crippen LogP contribution in [0.25, 0.3) is 0 Å². The third kappa shape index (κ3) is 17.1. The van der Waals surface area contributed by atoms with Crippen molar-refractivity contribution in [2.45, 2.75) is 96.5 Å². The normalized spacial score (nSPS) is 12.9. The number of unbranched alkanes of at least 4 members (excludes halogenated alkanes) is 9. The zero-order valence-corrected chi connectivity index (χ0v) is 13.7. The van der Waals surface area contributed by atoms with E-state index in [1.165, 1.54) is 44.9 Å². The van der Waals surface area contributed by atoms with Crippen LogP contribution in [0.3, 0.4) is 0 Å². The standard InChI is InChI=1S/C18H34O3/c1-2-14-17(19)15-12-10-8-6-4-3-5-7-9-11-13-16-18(20)21/h12,15,17,19H,2-11,13-14,16H2,1H3,(H,20,21)/b15-12-/t17-/m0/s1. The molecule has 2 N–H and O–H groups in total. The summed E-state index contributed by atoms with van der Waals surface area (Å²) >= 11 is 0. The summed E-state index contributed by atoms with van der Waals surface area (Å²) in [6.07, 6.45) is 17.7. The van der Waals surface area contributed by atoms with Crippen molar-refractivity contribution in [3.63, 3.8) is 0 Å². The molecule has 1 atom stereocenters. The summed E-state index contributed by atoms with van der Waals surface area (Å²) in [4.78, 5) is 10.3. The molecule has 0 aromatic heterocycles. The molecule has 124 valence electrons. The molecule has 0 radical (unpaired) electrons. The lowest BCUT2D eigenvalue weighted by Crippen LogP contribution is -1.99. The van der Waals surface area contributed by atoms with Crippen molar-refractivity contribution in [2.24, 2.45) is 0 Å². The van der Waals surface area contributed by atoms with Crippen LogP contribution >= 0.6 is 0 Å². The second-order valence-corrected chi connectivity index (χ2v) is 5.90. The number of carboxylic acid groups (broad SMARTS) is 1. The minimum Gasteiger partial charge on any atom is -0.481 e. The van der Waals surface area contributed by atoms with E-state index in [2.05, 4.69) is 13.0 Å². The summed E-state index contributed by atoms with van der Waals surface area (Å²) in [6, 6.07) is 0. The lowest BCUT2D eigenvalue weighted by Gasteiger charge is -2.02. The van der Waals surface area contributed by atoms with Crippen LogP contribution in [0, 0.1) is 0 Å². The van der Waals surface area contributed by atoms with E-state index in [0.717, 1.165) is 32.1 Å². The maximum absolute atomic E-state index is 10.3. The molecule has 0 saturated heterocycles. The van der Waals surface area contributed by atoms with Crippen LogP contribution in [0.5, 0.6) is 0 Å². The van der Waals surface area contributed by atoms with Gasteiger partial charge in [-0.2, -0.15) is 0 Å². The van der Waals surface area contributed by atoms with E-state index in [1.54, 1.807) is 0 Å². The first kappa shape index (κ1) is 20.2. The summed E-state index contributed by atoms with van der Waals surface area (Å²) in [5.74, 6) is -0.675. The highest BCUT2D eigenvalue weighted by Gasteiger charge is 1.97. The van der Waals surface area contributed by atoms with Crippen molar-refractivity contribution < 1.29 is 15.0 Å². The molecule has 0 fully saturated rings. The minimum absolute atomic E-state index is 0.254. The van der Waals surface area contributed by atoms with Gasteiger partial charge in [0.15, 0.2) is 0 Å². The third-order valence-corrected chi connectivity index (χ3v) is 3.70. The van der Waals surface area contributed by atoms with Crippen molar-refractivity contribution in [1.29, 1.82) is 0 Å². The van der Waals surface area contributed by atoms with E-state index in [9.17, 15) is 9.90 Å². The molecule has 0 bridgehead atoms. The lowest BCUT2D eigenvalue weighted by atomic mass is 10.1. The molecule has 0 aromatic rings. The highest BCUT2D eigenvalue weighted by Crippen LogP contribution is 2.11. The third-order valence-electron chi connectivity index (χ3n) is 3.70. The van der Waals surface area contributed by atoms with Gasteiger partial charge in [0, 0.05) is 6.42 Å². The fourth-order valence-corrected chi connectivity index (χ4v) is 2.42. The second-order valence-electron chi connectivity index (χ2n) is 5.90. The molecule has 0 aliphatic rings. The topological polar surface area (TPSA) is 57.5 Å². The molecule has 0 spiro atoms. The number of aliphatic hydroxyl groups excluding tert-OH is 1. The Hall–Kier alpha value is -0.830. The van der Waals surface area contributed by atoms with Gasteiger partial charge in [0.25, 0.3) is 0 Å². The van der Waals surface area contributed by atoms with Crippen LogP contribution in [0.4, 0.5) is 0 Å². The fraction of sp³-hybridized carbons (Fsp3) is 0.833. The van der Waals surface area contributed by atoms with Crippen LogP contribution in [0.1, 0.15) is 90.4 Å². The lowest BCUT2D eigenvalue weighted by molar-refractivity contribution is -0.137. The van der Waals surface area contributed by atoms with Crippen LogP contribution in [-0.2, 0) is 4.79 Å². The van der Waals surface area contributed by atoms with Crippen LogP contribution in [0.2, 0.25) is 0 Å². The number of rotatable bonds is 15. The number of carbonyl (C=O) groups is 1. The number of aliphatic hydroxyl groups is 1. The van der Waals surface area contributed by atoms with Crippen molar-refractivity contribution >= 4 is 5.97 Å². The Balaban J connectivity index is 3.14. The largest absolute Gasteiger partial charge is 0.481 e. The van der Waals surface area contributed by atoms with Gasteiger partial charge in [0.1, 0.15) is 0 Å². The van der Waals surface area contributed by atoms with Gasteiger partial charge in [-0.15, -0.1) is 0 Å². The summed E-state index contributed by atoms with van der Waals surface area (Å²) in [6.45, 7) is 2.09. The molecular formula is C18H34O3. The van der Waals surface area contributed by atoms with Crippen LogP contribution in [0.15, 0.2) is 12.2 Å². The zero-order valence-electron chi connectivity index (χ0n) is 13.7. The Bertz CT molecular complexity index is 261. The minimum atomic E-state index is -0.675. The molecule has 3 heteroatoms. The summed E-state index contributed by atoms with van der Waals surface area (Å²) in [7, 11) is 0. The molecule has 0 unspecified atom stereocenters. The molecular weight excluding hydrogens is 264 g/mol. The Labute approximate surface area is 130 Å². The Morgan fingerprint density at radius 1 is 0.952 bits per heavy atom. The first-order chi connectivity index (χ1) is 10.2. The Morgan fingerprint density at radius 2 is 1.48 bits per heavy atom. The molecule has 0 aliphatic heterocycles. The average molecular weight is 298 g/mol. The summed E-state index contributed by atoms with van der Waals surface area (Å²) in [5.41, 5.74) is 0.